The summed E-state index contributed by atoms with van der Waals surface area (Å²) < 4.78 is 19.3. The van der Waals surface area contributed by atoms with E-state index in [1.54, 1.807) is 30.3 Å². The average Bonchev–Trinajstić information content (AvgIpc) is 3.05. The zero-order valence-electron chi connectivity index (χ0n) is 13.6. The Labute approximate surface area is 149 Å². The van der Waals surface area contributed by atoms with Crippen molar-refractivity contribution in [1.29, 1.82) is 0 Å². The van der Waals surface area contributed by atoms with Crippen LogP contribution in [0, 0.1) is 12.7 Å². The number of benzene rings is 2. The van der Waals surface area contributed by atoms with Crippen molar-refractivity contribution < 1.29 is 13.6 Å². The zero-order valence-corrected chi connectivity index (χ0v) is 14.3. The highest BCUT2D eigenvalue weighted by Gasteiger charge is 2.12. The third kappa shape index (κ3) is 4.25. The number of hydrogen-bond donors (Lipinski definition) is 1. The molecule has 6 heteroatoms. The van der Waals surface area contributed by atoms with Crippen LogP contribution in [0.15, 0.2) is 53.1 Å². The molecule has 0 unspecified atom stereocenters. The molecule has 25 heavy (non-hydrogen) atoms. The van der Waals surface area contributed by atoms with Crippen LogP contribution in [0.1, 0.15) is 17.9 Å². The Morgan fingerprint density at radius 2 is 2.08 bits per heavy atom. The van der Waals surface area contributed by atoms with Gasteiger partial charge in [0.1, 0.15) is 5.82 Å². The molecule has 0 radical (unpaired) electrons. The number of aryl methyl sites for hydroxylation is 2. The van der Waals surface area contributed by atoms with Crippen molar-refractivity contribution in [3.8, 4) is 11.3 Å². The summed E-state index contributed by atoms with van der Waals surface area (Å²) in [6, 6.07) is 11.7. The number of hydrogen-bond acceptors (Lipinski definition) is 3. The molecule has 0 aliphatic heterocycles. The van der Waals surface area contributed by atoms with E-state index in [9.17, 15) is 9.18 Å². The van der Waals surface area contributed by atoms with E-state index in [1.807, 2.05) is 13.0 Å². The second-order valence-corrected chi connectivity index (χ2v) is 6.04. The Bertz CT molecular complexity index is 908. The molecule has 3 rings (SSSR count). The number of nitrogens with one attached hydrogen (secondary N) is 1. The maximum atomic E-state index is 13.7. The zero-order chi connectivity index (χ0) is 17.8. The van der Waals surface area contributed by atoms with Crippen molar-refractivity contribution in [2.45, 2.75) is 19.8 Å². The monoisotopic (exact) mass is 358 g/mol. The van der Waals surface area contributed by atoms with Crippen LogP contribution in [0.5, 0.6) is 0 Å². The van der Waals surface area contributed by atoms with Gasteiger partial charge >= 0.3 is 0 Å². The van der Waals surface area contributed by atoms with E-state index in [1.165, 1.54) is 12.3 Å². The lowest BCUT2D eigenvalue weighted by Gasteiger charge is -2.07. The molecule has 0 spiro atoms. The number of anilines is 1. The van der Waals surface area contributed by atoms with E-state index in [4.69, 9.17) is 16.0 Å². The third-order valence-corrected chi connectivity index (χ3v) is 3.97. The van der Waals surface area contributed by atoms with Gasteiger partial charge in [-0.2, -0.15) is 0 Å². The molecule has 128 valence electrons. The Kier molecular flexibility index (Phi) is 5.14. The predicted octanol–water partition coefficient (Wildman–Crippen LogP) is 5.01. The minimum Gasteiger partial charge on any atom is -0.441 e. The highest BCUT2D eigenvalue weighted by atomic mass is 35.5. The molecule has 0 fully saturated rings. The first-order valence-corrected chi connectivity index (χ1v) is 8.16. The second kappa shape index (κ2) is 7.49. The molecular formula is C19H16ClFN2O2. The van der Waals surface area contributed by atoms with Crippen LogP contribution in [-0.2, 0) is 11.2 Å². The predicted molar refractivity (Wildman–Crippen MR) is 95.0 cm³/mol. The summed E-state index contributed by atoms with van der Waals surface area (Å²) in [4.78, 5) is 16.2. The van der Waals surface area contributed by atoms with Gasteiger partial charge in [-0.15, -0.1) is 0 Å². The first-order valence-electron chi connectivity index (χ1n) is 7.78. The summed E-state index contributed by atoms with van der Waals surface area (Å²) in [5.41, 5.74) is 1.93. The van der Waals surface area contributed by atoms with Crippen molar-refractivity contribution in [1.82, 2.24) is 4.98 Å². The van der Waals surface area contributed by atoms with E-state index in [-0.39, 0.29) is 18.1 Å². The summed E-state index contributed by atoms with van der Waals surface area (Å²) in [6.07, 6.45) is 1.95. The molecule has 2 aromatic carbocycles. The van der Waals surface area contributed by atoms with Gasteiger partial charge in [0.15, 0.2) is 11.7 Å². The molecule has 0 saturated carbocycles. The quantitative estimate of drug-likeness (QED) is 0.697. The molecule has 1 aromatic heterocycles. The summed E-state index contributed by atoms with van der Waals surface area (Å²) in [7, 11) is 0. The lowest BCUT2D eigenvalue weighted by atomic mass is 10.2. The van der Waals surface area contributed by atoms with Crippen molar-refractivity contribution >= 4 is 23.2 Å². The van der Waals surface area contributed by atoms with Crippen molar-refractivity contribution in [2.24, 2.45) is 0 Å². The van der Waals surface area contributed by atoms with E-state index < -0.39 is 0 Å². The number of aromatic nitrogens is 1. The largest absolute Gasteiger partial charge is 0.441 e. The molecule has 0 aliphatic carbocycles. The summed E-state index contributed by atoms with van der Waals surface area (Å²) in [5, 5.41) is 3.25. The molecule has 1 heterocycles. The van der Waals surface area contributed by atoms with Crippen molar-refractivity contribution in [2.75, 3.05) is 5.32 Å². The van der Waals surface area contributed by atoms with Gasteiger partial charge < -0.3 is 9.73 Å². The molecular weight excluding hydrogens is 343 g/mol. The van der Waals surface area contributed by atoms with Crippen LogP contribution >= 0.6 is 11.6 Å². The minimum absolute atomic E-state index is 0.182. The number of amides is 1. The maximum Gasteiger partial charge on any atom is 0.224 e. The topological polar surface area (TPSA) is 55.1 Å². The Balaban J connectivity index is 1.60. The lowest BCUT2D eigenvalue weighted by molar-refractivity contribution is -0.116. The van der Waals surface area contributed by atoms with E-state index in [0.717, 1.165) is 5.56 Å². The van der Waals surface area contributed by atoms with Crippen LogP contribution in [0.3, 0.4) is 0 Å². The van der Waals surface area contributed by atoms with Crippen LogP contribution in [-0.4, -0.2) is 10.9 Å². The van der Waals surface area contributed by atoms with Gasteiger partial charge in [-0.1, -0.05) is 29.8 Å². The van der Waals surface area contributed by atoms with Crippen molar-refractivity contribution in [3.05, 3.63) is 71.0 Å². The first-order chi connectivity index (χ1) is 12.0. The molecule has 1 N–H and O–H groups in total. The highest BCUT2D eigenvalue weighted by Crippen LogP contribution is 2.24. The van der Waals surface area contributed by atoms with Crippen LogP contribution in [0.25, 0.3) is 11.3 Å². The number of rotatable bonds is 5. The Hall–Kier alpha value is -2.66. The van der Waals surface area contributed by atoms with Crippen LogP contribution < -0.4 is 5.32 Å². The number of carbonyl (C=O) groups excluding carboxylic acids is 1. The number of oxazole rings is 1. The summed E-state index contributed by atoms with van der Waals surface area (Å²) in [6.45, 7) is 1.92. The highest BCUT2D eigenvalue weighted by molar-refractivity contribution is 6.33. The smallest absolute Gasteiger partial charge is 0.224 e. The second-order valence-electron chi connectivity index (χ2n) is 5.63. The van der Waals surface area contributed by atoms with E-state index >= 15 is 0 Å². The molecule has 3 aromatic rings. The molecule has 4 nitrogen and oxygen atoms in total. The number of carbonyl (C=O) groups is 1. The fraction of sp³-hybridized carbons (Fsp3) is 0.158. The fourth-order valence-corrected chi connectivity index (χ4v) is 2.65. The Morgan fingerprint density at radius 1 is 1.28 bits per heavy atom. The Morgan fingerprint density at radius 3 is 2.84 bits per heavy atom. The summed E-state index contributed by atoms with van der Waals surface area (Å²) >= 11 is 6.10. The number of halogens is 2. The van der Waals surface area contributed by atoms with Gasteiger partial charge in [-0.05, 0) is 36.8 Å². The van der Waals surface area contributed by atoms with Gasteiger partial charge in [0.25, 0.3) is 0 Å². The lowest BCUT2D eigenvalue weighted by Crippen LogP contribution is -2.12. The van der Waals surface area contributed by atoms with Gasteiger partial charge in [-0.3, -0.25) is 4.79 Å². The van der Waals surface area contributed by atoms with Gasteiger partial charge in [0, 0.05) is 12.8 Å². The third-order valence-electron chi connectivity index (χ3n) is 3.66. The molecule has 0 saturated heterocycles. The molecule has 1 amide bonds. The van der Waals surface area contributed by atoms with Gasteiger partial charge in [0.05, 0.1) is 22.5 Å². The van der Waals surface area contributed by atoms with E-state index in [0.29, 0.717) is 34.3 Å². The van der Waals surface area contributed by atoms with Gasteiger partial charge in [0.2, 0.25) is 5.91 Å². The van der Waals surface area contributed by atoms with Crippen LogP contribution in [0.2, 0.25) is 5.02 Å². The SMILES string of the molecule is Cc1ccc(NC(=O)CCc2ncc(-c3ccccc3F)o2)c(Cl)c1. The van der Waals surface area contributed by atoms with Crippen LogP contribution in [0.4, 0.5) is 10.1 Å². The van der Waals surface area contributed by atoms with E-state index in [2.05, 4.69) is 10.3 Å². The normalized spacial score (nSPS) is 10.7. The molecule has 0 aliphatic rings. The average molecular weight is 359 g/mol. The summed E-state index contributed by atoms with van der Waals surface area (Å²) in [5.74, 6) is 0.145. The maximum absolute atomic E-state index is 13.7. The molecule has 0 bridgehead atoms. The standard InChI is InChI=1S/C19H16ClFN2O2/c1-12-6-7-16(14(20)10-12)23-18(24)8-9-19-22-11-17(25-19)13-4-2-3-5-15(13)21/h2-7,10-11H,8-9H2,1H3,(H,23,24). The minimum atomic E-state index is -0.378. The van der Waals surface area contributed by atoms with Gasteiger partial charge in [-0.25, -0.2) is 9.37 Å². The number of nitrogens with zero attached hydrogens (tertiary/aromatic N) is 1. The fourth-order valence-electron chi connectivity index (χ4n) is 2.37. The first kappa shape index (κ1) is 17.2. The molecule has 0 atom stereocenters. The van der Waals surface area contributed by atoms with Crippen molar-refractivity contribution in [3.63, 3.8) is 0 Å².